The summed E-state index contributed by atoms with van der Waals surface area (Å²) in [5.41, 5.74) is 5.67. The zero-order valence-electron chi connectivity index (χ0n) is 44.3. The molecule has 0 saturated carbocycles. The van der Waals surface area contributed by atoms with Crippen LogP contribution in [0, 0.1) is 17.9 Å². The molecule has 0 aromatic rings. The standard InChI is InChI=1S/C24H43N3O6S.C15H23O5.C9H19N3OS.2ClH/c1-23(2,3)10-9-17-18(28)19(33-24(4,5)32-17)20(31-8)21(29)25-16-15-34-14-13-27(22(16)30)12-11-26(6)7;1-14(2,3)8-7-9-10-11(20-15(4,5)19-9)12(17-6)13(16)18-10;1-11(2)3-4-12-5-6-14-7-8(10)9(12)13;;/h9-10,16-20,28H,11-15H2,1-8H3,(H,25,29);7-12H,6H2,1-5H3;8H,3-7,10H2,1-2H3;2*1H/q;+1;;;/b10-9+;8-7+;;;/t16?,17-,18+,19-,20-;9-,10+,11-,12-;;;/m11.../s1. The minimum absolute atomic E-state index is 0. The minimum Gasteiger partial charge on any atom is -0.454 e. The van der Waals surface area contributed by atoms with Crippen LogP contribution in [0.4, 0.5) is 0 Å². The van der Waals surface area contributed by atoms with Gasteiger partial charge in [0, 0.05) is 69.4 Å². The predicted octanol–water partition coefficient (Wildman–Crippen LogP) is 3.61. The average molecular weight is 1080 g/mol. The van der Waals surface area contributed by atoms with E-state index < -0.39 is 72.2 Å². The van der Waals surface area contributed by atoms with Gasteiger partial charge in [0.25, 0.3) is 5.91 Å². The second kappa shape index (κ2) is 29.3. The quantitative estimate of drug-likeness (QED) is 0.137. The van der Waals surface area contributed by atoms with Crippen LogP contribution in [-0.4, -0.2) is 218 Å². The molecular weight excluding hydrogens is 988 g/mol. The third-order valence-electron chi connectivity index (χ3n) is 11.1. The van der Waals surface area contributed by atoms with Gasteiger partial charge in [-0.1, -0.05) is 65.8 Å². The number of ether oxygens (including phenoxy) is 7. The van der Waals surface area contributed by atoms with E-state index in [1.807, 2.05) is 90.8 Å². The fraction of sp³-hybridized carbons (Fsp3) is 0.812. The smallest absolute Gasteiger partial charge is 0.343 e. The molecule has 0 spiro atoms. The molecule has 3 amide bonds. The first-order chi connectivity index (χ1) is 31.5. The summed E-state index contributed by atoms with van der Waals surface area (Å²) < 4.78 is 39.3. The molecule has 0 bridgehead atoms. The summed E-state index contributed by atoms with van der Waals surface area (Å²) in [5.74, 6) is 0.289. The van der Waals surface area contributed by atoms with E-state index in [0.717, 1.165) is 43.4 Å². The number of nitrogens with one attached hydrogen (secondary N) is 1. The molecule has 10 atom stereocenters. The SMILES string of the molecule is CN(C)CCN1CCSCC(N)C1=O.CO[C@@H](C(=O)NC1CSCCN(CCN(C)C)C1=O)[C@@H]1OC(C)(C)O[C@H](/C=C/C(C)(C)C)[C@@H]1O.Cl.Cl.[CH2+]O[C@H]1C(=O)O[C@@H]2[C@H]1OC(C)(C)O[C@@H]2/C=C/C(C)(C)C. The number of amides is 3. The van der Waals surface area contributed by atoms with Gasteiger partial charge < -0.3 is 64.2 Å². The molecule has 5 saturated heterocycles. The maximum Gasteiger partial charge on any atom is 0.343 e. The number of carbonyl (C=O) groups is 4. The average Bonchev–Trinajstić information content (AvgIpc) is 3.31. The van der Waals surface area contributed by atoms with Crippen LogP contribution >= 0.6 is 48.3 Å². The first-order valence-electron chi connectivity index (χ1n) is 23.5. The zero-order chi connectivity index (χ0) is 51.4. The highest BCUT2D eigenvalue weighted by Gasteiger charge is 2.57. The topological polar surface area (TPSA) is 204 Å². The number of allylic oxidation sites excluding steroid dienone is 2. The zero-order valence-corrected chi connectivity index (χ0v) is 47.6. The van der Waals surface area contributed by atoms with Gasteiger partial charge in [0.2, 0.25) is 25.0 Å². The monoisotopic (exact) mass is 1070 g/mol. The number of halogens is 2. The van der Waals surface area contributed by atoms with Crippen molar-refractivity contribution in [2.24, 2.45) is 16.6 Å². The lowest BCUT2D eigenvalue weighted by molar-refractivity contribution is -0.334. The van der Waals surface area contributed by atoms with E-state index in [9.17, 15) is 24.3 Å². The maximum atomic E-state index is 13.3. The molecule has 0 aromatic carbocycles. The Morgan fingerprint density at radius 2 is 1.31 bits per heavy atom. The van der Waals surface area contributed by atoms with Gasteiger partial charge >= 0.3 is 5.97 Å². The fourth-order valence-electron chi connectivity index (χ4n) is 7.60. The van der Waals surface area contributed by atoms with Crippen LogP contribution in [0.25, 0.3) is 0 Å². The Kier molecular flexibility index (Phi) is 27.6. The summed E-state index contributed by atoms with van der Waals surface area (Å²) in [6.45, 7) is 24.0. The van der Waals surface area contributed by atoms with Crippen LogP contribution in [0.1, 0.15) is 69.2 Å². The van der Waals surface area contributed by atoms with Crippen LogP contribution in [0.3, 0.4) is 0 Å². The van der Waals surface area contributed by atoms with Gasteiger partial charge in [0.05, 0.1) is 6.04 Å². The highest BCUT2D eigenvalue weighted by molar-refractivity contribution is 7.99. The third kappa shape index (κ3) is 21.5. The molecule has 70 heavy (non-hydrogen) atoms. The van der Waals surface area contributed by atoms with Crippen LogP contribution < -0.4 is 11.1 Å². The summed E-state index contributed by atoms with van der Waals surface area (Å²) in [6.07, 6.45) is 1.71. The van der Waals surface area contributed by atoms with E-state index >= 15 is 0 Å². The molecule has 0 aliphatic carbocycles. The first-order valence-corrected chi connectivity index (χ1v) is 25.8. The number of methoxy groups -OCH3 is 1. The van der Waals surface area contributed by atoms with Gasteiger partial charge in [0.15, 0.2) is 23.8 Å². The van der Waals surface area contributed by atoms with Gasteiger partial charge in [-0.3, -0.25) is 14.4 Å². The second-order valence-electron chi connectivity index (χ2n) is 21.3. The molecule has 406 valence electrons. The Morgan fingerprint density at radius 3 is 1.81 bits per heavy atom. The lowest BCUT2D eigenvalue weighted by Crippen LogP contribution is -2.62. The van der Waals surface area contributed by atoms with E-state index in [4.69, 9.17) is 38.9 Å². The predicted molar refractivity (Wildman–Crippen MR) is 281 cm³/mol. The van der Waals surface area contributed by atoms with Crippen molar-refractivity contribution in [2.75, 3.05) is 97.6 Å². The number of nitrogens with two attached hydrogens (primary N) is 1. The number of hydrogen-bond acceptors (Lipinski definition) is 17. The van der Waals surface area contributed by atoms with Crippen LogP contribution in [0.5, 0.6) is 0 Å². The molecule has 4 N–H and O–H groups in total. The van der Waals surface area contributed by atoms with Crippen molar-refractivity contribution in [3.05, 3.63) is 31.4 Å². The molecule has 5 rings (SSSR count). The Morgan fingerprint density at radius 1 is 0.829 bits per heavy atom. The number of fused-ring (bicyclic) bond motifs is 1. The van der Waals surface area contributed by atoms with Crippen molar-refractivity contribution >= 4 is 72.0 Å². The molecule has 22 heteroatoms. The number of nitrogens with zero attached hydrogens (tertiary/aromatic N) is 4. The fourth-order valence-corrected chi connectivity index (χ4v) is 9.49. The number of esters is 1. The maximum absolute atomic E-state index is 13.3. The molecule has 0 aromatic heterocycles. The van der Waals surface area contributed by atoms with Crippen LogP contribution in [0.15, 0.2) is 24.3 Å². The molecule has 5 fully saturated rings. The van der Waals surface area contributed by atoms with Crippen LogP contribution in [-0.2, 0) is 52.3 Å². The summed E-state index contributed by atoms with van der Waals surface area (Å²) in [5, 5.41) is 13.9. The number of thioether (sulfide) groups is 2. The highest BCUT2D eigenvalue weighted by Crippen LogP contribution is 2.37. The highest BCUT2D eigenvalue weighted by atomic mass is 35.5. The van der Waals surface area contributed by atoms with Crippen molar-refractivity contribution in [3.8, 4) is 0 Å². The lowest BCUT2D eigenvalue weighted by Gasteiger charge is -2.45. The van der Waals surface area contributed by atoms with Crippen molar-refractivity contribution in [3.63, 3.8) is 0 Å². The molecule has 18 nitrogen and oxygen atoms in total. The van der Waals surface area contributed by atoms with Crippen LogP contribution in [0.2, 0.25) is 0 Å². The number of hydrogen-bond donors (Lipinski definition) is 3. The minimum atomic E-state index is -1.13. The number of aliphatic hydroxyl groups excluding tert-OH is 1. The Bertz CT molecular complexity index is 1700. The van der Waals surface area contributed by atoms with Gasteiger partial charge in [-0.2, -0.15) is 28.3 Å². The summed E-state index contributed by atoms with van der Waals surface area (Å²) in [4.78, 5) is 57.7. The normalized spacial score (nSPS) is 29.6. The third-order valence-corrected chi connectivity index (χ3v) is 13.2. The molecule has 5 aliphatic heterocycles. The summed E-state index contributed by atoms with van der Waals surface area (Å²) in [7, 11) is 12.7. The van der Waals surface area contributed by atoms with E-state index in [2.05, 4.69) is 38.1 Å². The molecular formula is C48H87Cl2N6O12S2+. The Balaban J connectivity index is 0.000000575. The summed E-state index contributed by atoms with van der Waals surface area (Å²) >= 11 is 3.40. The molecule has 0 radical (unpaired) electrons. The van der Waals surface area contributed by atoms with Crippen molar-refractivity contribution in [1.82, 2.24) is 24.9 Å². The number of aliphatic hydroxyl groups is 1. The Hall–Kier alpha value is -1.89. The van der Waals surface area contributed by atoms with E-state index in [1.54, 1.807) is 48.3 Å². The molecule has 5 aliphatic rings. The van der Waals surface area contributed by atoms with Gasteiger partial charge in [-0.25, -0.2) is 4.79 Å². The van der Waals surface area contributed by atoms with Gasteiger partial charge in [-0.05, 0) is 66.7 Å². The largest absolute Gasteiger partial charge is 0.454 e. The van der Waals surface area contributed by atoms with Gasteiger partial charge in [-0.15, -0.1) is 24.8 Å². The van der Waals surface area contributed by atoms with Crippen molar-refractivity contribution in [2.45, 2.75) is 142 Å². The Labute approximate surface area is 439 Å². The first kappa shape index (κ1) is 66.1. The number of rotatable bonds is 13. The van der Waals surface area contributed by atoms with Crippen molar-refractivity contribution < 1.29 is 57.4 Å². The summed E-state index contributed by atoms with van der Waals surface area (Å²) in [6, 6.07) is -0.967. The number of carbonyl (C=O) groups excluding carboxylic acids is 4. The van der Waals surface area contributed by atoms with E-state index in [1.165, 1.54) is 7.11 Å². The lowest BCUT2D eigenvalue weighted by atomic mass is 9.93. The second-order valence-corrected chi connectivity index (χ2v) is 23.6. The number of likely N-dealkylation sites (N-methyl/N-ethyl adjacent to an activating group) is 2. The molecule has 5 heterocycles. The van der Waals surface area contributed by atoms with Gasteiger partial charge in [0.1, 0.15) is 36.6 Å². The van der Waals surface area contributed by atoms with E-state index in [-0.39, 0.29) is 59.6 Å². The van der Waals surface area contributed by atoms with E-state index in [0.29, 0.717) is 18.8 Å². The van der Waals surface area contributed by atoms with Crippen molar-refractivity contribution in [1.29, 1.82) is 0 Å². The molecule has 2 unspecified atom stereocenters.